The quantitative estimate of drug-likeness (QED) is 0.264. The van der Waals surface area contributed by atoms with Crippen LogP contribution in [0.4, 0.5) is 4.79 Å². The number of halogens is 1. The van der Waals surface area contributed by atoms with Crippen LogP contribution in [-0.4, -0.2) is 53.0 Å². The normalized spacial score (nSPS) is 15.2. The zero-order valence-electron chi connectivity index (χ0n) is 23.0. The van der Waals surface area contributed by atoms with Crippen LogP contribution < -0.4 is 0 Å². The second-order valence-electron chi connectivity index (χ2n) is 10.9. The fraction of sp³-hybridized carbons (Fsp3) is 0.333. The minimum atomic E-state index is -1.62. The topological polar surface area (TPSA) is 90.2 Å². The first-order valence-corrected chi connectivity index (χ1v) is 14.7. The van der Waals surface area contributed by atoms with Crippen LogP contribution in [0.5, 0.6) is 0 Å². The summed E-state index contributed by atoms with van der Waals surface area (Å²) >= 11 is 6.23. The highest BCUT2D eigenvalue weighted by molar-refractivity contribution is 7.83. The molecule has 1 atom stereocenters. The first-order chi connectivity index (χ1) is 19.1. The van der Waals surface area contributed by atoms with Gasteiger partial charge in [0.15, 0.2) is 11.0 Å². The molecule has 5 rings (SSSR count). The third kappa shape index (κ3) is 6.10. The number of hydrogen-bond acceptors (Lipinski definition) is 6. The molecule has 2 aromatic carbocycles. The number of aromatic nitrogens is 4. The molecule has 8 nitrogen and oxygen atoms in total. The summed E-state index contributed by atoms with van der Waals surface area (Å²) < 4.78 is 21.2. The lowest BCUT2D eigenvalue weighted by atomic mass is 9.89. The SMILES string of the molecule is Cc1ccc(S(=O)n2nc(C3CCN(C(=O)OC(C)(C)C)CC3)c(-c3ccncn3)c2-c2ccc(Cl)cc2)cc1. The molecule has 1 saturated heterocycles. The number of aryl methyl sites for hydroxylation is 1. The molecule has 40 heavy (non-hydrogen) atoms. The summed E-state index contributed by atoms with van der Waals surface area (Å²) in [5, 5.41) is 5.63. The number of hydrogen-bond donors (Lipinski definition) is 0. The van der Waals surface area contributed by atoms with Crippen LogP contribution in [0.2, 0.25) is 5.02 Å². The van der Waals surface area contributed by atoms with Gasteiger partial charge in [-0.3, -0.25) is 0 Å². The van der Waals surface area contributed by atoms with Crippen LogP contribution >= 0.6 is 11.6 Å². The highest BCUT2D eigenvalue weighted by atomic mass is 35.5. The third-order valence-electron chi connectivity index (χ3n) is 6.75. The molecule has 208 valence electrons. The summed E-state index contributed by atoms with van der Waals surface area (Å²) in [6.45, 7) is 8.66. The van der Waals surface area contributed by atoms with E-state index < -0.39 is 16.6 Å². The van der Waals surface area contributed by atoms with Crippen LogP contribution in [0.1, 0.15) is 50.8 Å². The molecule has 1 fully saturated rings. The Kier molecular flexibility index (Phi) is 8.05. The van der Waals surface area contributed by atoms with Crippen LogP contribution in [0, 0.1) is 6.92 Å². The van der Waals surface area contributed by atoms with Crippen molar-refractivity contribution in [3.63, 3.8) is 0 Å². The lowest BCUT2D eigenvalue weighted by molar-refractivity contribution is 0.0204. The van der Waals surface area contributed by atoms with Crippen molar-refractivity contribution in [3.8, 4) is 22.5 Å². The van der Waals surface area contributed by atoms with Gasteiger partial charge in [0.1, 0.15) is 11.9 Å². The Bertz CT molecular complexity index is 1510. The molecule has 0 bridgehead atoms. The molecule has 0 spiro atoms. The second kappa shape index (κ2) is 11.5. The monoisotopic (exact) mass is 577 g/mol. The zero-order valence-corrected chi connectivity index (χ0v) is 24.6. The van der Waals surface area contributed by atoms with Gasteiger partial charge in [0, 0.05) is 35.8 Å². The number of carbonyl (C=O) groups excluding carboxylic acids is 1. The van der Waals surface area contributed by atoms with E-state index in [4.69, 9.17) is 21.4 Å². The molecular weight excluding hydrogens is 546 g/mol. The molecule has 2 aromatic heterocycles. The Morgan fingerprint density at radius 1 is 1.02 bits per heavy atom. The lowest BCUT2D eigenvalue weighted by Gasteiger charge is -2.33. The zero-order chi connectivity index (χ0) is 28.4. The average molecular weight is 578 g/mol. The number of carbonyl (C=O) groups is 1. The van der Waals surface area contributed by atoms with Gasteiger partial charge in [-0.1, -0.05) is 41.4 Å². The molecule has 1 amide bonds. The first-order valence-electron chi connectivity index (χ1n) is 13.2. The predicted molar refractivity (Wildman–Crippen MR) is 156 cm³/mol. The van der Waals surface area contributed by atoms with Gasteiger partial charge in [0.2, 0.25) is 0 Å². The Hall–Kier alpha value is -3.56. The maximum absolute atomic E-state index is 14.1. The van der Waals surface area contributed by atoms with Gasteiger partial charge in [-0.25, -0.2) is 19.0 Å². The van der Waals surface area contributed by atoms with E-state index in [0.29, 0.717) is 47.2 Å². The van der Waals surface area contributed by atoms with Crippen molar-refractivity contribution in [1.82, 2.24) is 24.1 Å². The van der Waals surface area contributed by atoms with Gasteiger partial charge in [-0.2, -0.15) is 9.19 Å². The highest BCUT2D eigenvalue weighted by Crippen LogP contribution is 2.41. The van der Waals surface area contributed by atoms with E-state index in [2.05, 4.69) is 9.97 Å². The molecule has 0 N–H and O–H groups in total. The summed E-state index contributed by atoms with van der Waals surface area (Å²) in [5.74, 6) is 0.0194. The van der Waals surface area contributed by atoms with Gasteiger partial charge < -0.3 is 9.64 Å². The van der Waals surface area contributed by atoms with Gasteiger partial charge in [-0.05, 0) is 70.9 Å². The Morgan fingerprint density at radius 2 is 1.70 bits per heavy atom. The number of nitrogens with zero attached hydrogens (tertiary/aromatic N) is 5. The van der Waals surface area contributed by atoms with Gasteiger partial charge in [0.25, 0.3) is 0 Å². The number of amides is 1. The van der Waals surface area contributed by atoms with E-state index in [1.165, 1.54) is 6.33 Å². The van der Waals surface area contributed by atoms with Crippen molar-refractivity contribution >= 4 is 28.7 Å². The minimum Gasteiger partial charge on any atom is -0.444 e. The van der Waals surface area contributed by atoms with Crippen molar-refractivity contribution in [2.45, 2.75) is 57.0 Å². The summed E-state index contributed by atoms with van der Waals surface area (Å²) in [6, 6.07) is 16.9. The Balaban J connectivity index is 1.61. The minimum absolute atomic E-state index is 0.0194. The van der Waals surface area contributed by atoms with Crippen molar-refractivity contribution in [1.29, 1.82) is 0 Å². The number of likely N-dealkylation sites (tertiary alicyclic amines) is 1. The smallest absolute Gasteiger partial charge is 0.410 e. The molecule has 0 aliphatic carbocycles. The first kappa shape index (κ1) is 28.0. The van der Waals surface area contributed by atoms with Gasteiger partial charge >= 0.3 is 6.09 Å². The highest BCUT2D eigenvalue weighted by Gasteiger charge is 2.33. The molecule has 1 aliphatic rings. The largest absolute Gasteiger partial charge is 0.444 e. The number of rotatable bonds is 5. The van der Waals surface area contributed by atoms with Gasteiger partial charge in [-0.15, -0.1) is 0 Å². The Labute approximate surface area is 242 Å². The maximum Gasteiger partial charge on any atom is 0.410 e. The van der Waals surface area contributed by atoms with Crippen LogP contribution in [0.15, 0.2) is 72.0 Å². The van der Waals surface area contributed by atoms with Gasteiger partial charge in [0.05, 0.1) is 27.5 Å². The molecule has 1 aliphatic heterocycles. The fourth-order valence-electron chi connectivity index (χ4n) is 4.79. The maximum atomic E-state index is 14.1. The number of ether oxygens (including phenoxy) is 1. The van der Waals surface area contributed by atoms with E-state index in [1.54, 1.807) is 15.2 Å². The third-order valence-corrected chi connectivity index (χ3v) is 8.26. The van der Waals surface area contributed by atoms with E-state index in [1.807, 2.05) is 82.3 Å². The van der Waals surface area contributed by atoms with E-state index in [9.17, 15) is 9.00 Å². The van der Waals surface area contributed by atoms with Crippen LogP contribution in [0.3, 0.4) is 0 Å². The summed E-state index contributed by atoms with van der Waals surface area (Å²) in [6.07, 6.45) is 4.26. The molecular formula is C30H32ClN5O3S. The van der Waals surface area contributed by atoms with E-state index in [0.717, 1.165) is 22.4 Å². The van der Waals surface area contributed by atoms with Crippen molar-refractivity contribution in [3.05, 3.63) is 83.4 Å². The van der Waals surface area contributed by atoms with Crippen LogP contribution in [0.25, 0.3) is 22.5 Å². The lowest BCUT2D eigenvalue weighted by Crippen LogP contribution is -2.41. The fourth-order valence-corrected chi connectivity index (χ4v) is 6.01. The molecule has 3 heterocycles. The molecule has 1 unspecified atom stereocenters. The summed E-state index contributed by atoms with van der Waals surface area (Å²) in [4.78, 5) is 23.8. The van der Waals surface area contributed by atoms with Crippen molar-refractivity contribution < 1.29 is 13.7 Å². The molecule has 0 radical (unpaired) electrons. The van der Waals surface area contributed by atoms with Crippen molar-refractivity contribution in [2.24, 2.45) is 0 Å². The average Bonchev–Trinajstić information content (AvgIpc) is 3.34. The second-order valence-corrected chi connectivity index (χ2v) is 12.6. The van der Waals surface area contributed by atoms with Crippen LogP contribution in [-0.2, 0) is 15.7 Å². The number of benzene rings is 2. The predicted octanol–water partition coefficient (Wildman–Crippen LogP) is 6.65. The number of piperidine rings is 1. The van der Waals surface area contributed by atoms with E-state index in [-0.39, 0.29) is 12.0 Å². The molecule has 0 saturated carbocycles. The van der Waals surface area contributed by atoms with E-state index >= 15 is 0 Å². The van der Waals surface area contributed by atoms with Crippen molar-refractivity contribution in [2.75, 3.05) is 13.1 Å². The standard InChI is InChI=1S/C30H32ClN5O3S/c1-20-5-11-24(12-6-20)40(38)36-28(22-7-9-23(31)10-8-22)26(25-13-16-32-19-33-25)27(34-36)21-14-17-35(18-15-21)29(37)39-30(2,3)4/h5-13,16,19,21H,14-15,17-18H2,1-4H3. The molecule has 4 aromatic rings. The Morgan fingerprint density at radius 3 is 2.30 bits per heavy atom. The summed E-state index contributed by atoms with van der Waals surface area (Å²) in [7, 11) is -1.62. The summed E-state index contributed by atoms with van der Waals surface area (Å²) in [5.41, 5.74) is 4.34. The molecule has 10 heteroatoms.